The molecular formula is C22H20FN3O2. The first-order valence-electron chi connectivity index (χ1n) is 9.22. The molecule has 1 aromatic heterocycles. The number of aryl methyl sites for hydroxylation is 1. The first-order valence-corrected chi connectivity index (χ1v) is 9.22. The number of rotatable bonds is 3. The number of halogens is 1. The van der Waals surface area contributed by atoms with Crippen molar-refractivity contribution in [1.82, 2.24) is 15.2 Å². The number of aromatic nitrogens is 1. The Labute approximate surface area is 162 Å². The fourth-order valence-corrected chi connectivity index (χ4v) is 3.66. The van der Waals surface area contributed by atoms with Gasteiger partial charge in [-0.1, -0.05) is 30.3 Å². The maximum absolute atomic E-state index is 13.6. The van der Waals surface area contributed by atoms with Gasteiger partial charge in [-0.3, -0.25) is 14.6 Å². The fraction of sp³-hybridized carbons (Fsp3) is 0.227. The van der Waals surface area contributed by atoms with Gasteiger partial charge in [-0.05, 0) is 30.7 Å². The molecule has 5 nitrogen and oxygen atoms in total. The second kappa shape index (κ2) is 7.38. The lowest BCUT2D eigenvalue weighted by Gasteiger charge is -2.35. The van der Waals surface area contributed by atoms with E-state index in [4.69, 9.17) is 0 Å². The standard InChI is InChI=1S/C22H20FN3O2/c1-14-11-18(17-8-7-16(23)13-19(17)25-14)22(28)26-10-9-24-21(27)20(26)12-15-5-3-2-4-6-15/h2-8,11,13,20H,9-10,12H2,1H3,(H,24,27)/t20-/m1/s1. The van der Waals surface area contributed by atoms with Crippen molar-refractivity contribution in [2.45, 2.75) is 19.4 Å². The molecule has 0 bridgehead atoms. The lowest BCUT2D eigenvalue weighted by molar-refractivity contribution is -0.127. The Morgan fingerprint density at radius 2 is 2.00 bits per heavy atom. The minimum atomic E-state index is -0.590. The Bertz CT molecular complexity index is 1050. The number of amides is 2. The SMILES string of the molecule is Cc1cc(C(=O)N2CCNC(=O)[C@H]2Cc2ccccc2)c2ccc(F)cc2n1. The van der Waals surface area contributed by atoms with Crippen LogP contribution in [0.15, 0.2) is 54.6 Å². The molecule has 4 rings (SSSR count). The van der Waals surface area contributed by atoms with Crippen LogP contribution in [-0.4, -0.2) is 40.8 Å². The molecule has 1 aliphatic heterocycles. The molecule has 2 heterocycles. The molecule has 1 fully saturated rings. The average molecular weight is 377 g/mol. The molecule has 28 heavy (non-hydrogen) atoms. The topological polar surface area (TPSA) is 62.3 Å². The molecule has 0 saturated carbocycles. The highest BCUT2D eigenvalue weighted by Crippen LogP contribution is 2.23. The summed E-state index contributed by atoms with van der Waals surface area (Å²) >= 11 is 0. The van der Waals surface area contributed by atoms with E-state index in [0.717, 1.165) is 5.56 Å². The Kier molecular flexibility index (Phi) is 4.77. The van der Waals surface area contributed by atoms with Gasteiger partial charge in [0.1, 0.15) is 11.9 Å². The zero-order chi connectivity index (χ0) is 19.7. The van der Waals surface area contributed by atoms with Crippen molar-refractivity contribution in [2.24, 2.45) is 0 Å². The number of nitrogens with zero attached hydrogens (tertiary/aromatic N) is 2. The van der Waals surface area contributed by atoms with Gasteiger partial charge in [0, 0.05) is 36.7 Å². The minimum absolute atomic E-state index is 0.162. The Morgan fingerprint density at radius 3 is 2.79 bits per heavy atom. The number of pyridine rings is 1. The second-order valence-electron chi connectivity index (χ2n) is 6.97. The van der Waals surface area contributed by atoms with Crippen molar-refractivity contribution in [3.63, 3.8) is 0 Å². The van der Waals surface area contributed by atoms with Gasteiger partial charge in [0.15, 0.2) is 0 Å². The lowest BCUT2D eigenvalue weighted by atomic mass is 9.99. The van der Waals surface area contributed by atoms with Crippen LogP contribution in [0.2, 0.25) is 0 Å². The molecule has 142 valence electrons. The Hall–Kier alpha value is -3.28. The van der Waals surface area contributed by atoms with Gasteiger partial charge in [0.25, 0.3) is 5.91 Å². The predicted octanol–water partition coefficient (Wildman–Crippen LogP) is 2.87. The molecule has 2 aromatic carbocycles. The van der Waals surface area contributed by atoms with E-state index >= 15 is 0 Å². The molecule has 0 spiro atoms. The largest absolute Gasteiger partial charge is 0.353 e. The molecule has 1 saturated heterocycles. The molecule has 3 aromatic rings. The van der Waals surface area contributed by atoms with Crippen LogP contribution in [0.1, 0.15) is 21.6 Å². The third-order valence-electron chi connectivity index (χ3n) is 4.99. The zero-order valence-corrected chi connectivity index (χ0v) is 15.5. The van der Waals surface area contributed by atoms with Crippen molar-refractivity contribution in [2.75, 3.05) is 13.1 Å². The quantitative estimate of drug-likeness (QED) is 0.764. The van der Waals surface area contributed by atoms with E-state index in [9.17, 15) is 14.0 Å². The van der Waals surface area contributed by atoms with Crippen molar-refractivity contribution in [3.05, 3.63) is 77.2 Å². The number of benzene rings is 2. The molecule has 6 heteroatoms. The monoisotopic (exact) mass is 377 g/mol. The summed E-state index contributed by atoms with van der Waals surface area (Å²) in [4.78, 5) is 31.9. The number of hydrogen-bond acceptors (Lipinski definition) is 3. The third-order valence-corrected chi connectivity index (χ3v) is 4.99. The summed E-state index contributed by atoms with van der Waals surface area (Å²) in [5, 5.41) is 3.43. The maximum atomic E-state index is 13.6. The molecule has 1 N–H and O–H groups in total. The van der Waals surface area contributed by atoms with Gasteiger partial charge in [0.2, 0.25) is 5.91 Å². The molecule has 1 aliphatic rings. The highest BCUT2D eigenvalue weighted by atomic mass is 19.1. The van der Waals surface area contributed by atoms with Gasteiger partial charge >= 0.3 is 0 Å². The van der Waals surface area contributed by atoms with E-state index in [2.05, 4.69) is 10.3 Å². The van der Waals surface area contributed by atoms with E-state index in [1.54, 1.807) is 24.0 Å². The van der Waals surface area contributed by atoms with Gasteiger partial charge in [-0.15, -0.1) is 0 Å². The van der Waals surface area contributed by atoms with Crippen LogP contribution in [0.4, 0.5) is 4.39 Å². The van der Waals surface area contributed by atoms with Crippen molar-refractivity contribution < 1.29 is 14.0 Å². The number of fused-ring (bicyclic) bond motifs is 1. The predicted molar refractivity (Wildman–Crippen MR) is 104 cm³/mol. The van der Waals surface area contributed by atoms with Gasteiger partial charge in [0.05, 0.1) is 11.1 Å². The molecule has 0 aliphatic carbocycles. The lowest BCUT2D eigenvalue weighted by Crippen LogP contribution is -2.58. The molecule has 0 radical (unpaired) electrons. The summed E-state index contributed by atoms with van der Waals surface area (Å²) in [7, 11) is 0. The van der Waals surface area contributed by atoms with Crippen molar-refractivity contribution in [3.8, 4) is 0 Å². The normalized spacial score (nSPS) is 16.9. The smallest absolute Gasteiger partial charge is 0.255 e. The fourth-order valence-electron chi connectivity index (χ4n) is 3.66. The van der Waals surface area contributed by atoms with E-state index < -0.39 is 11.9 Å². The van der Waals surface area contributed by atoms with Crippen LogP contribution in [0.5, 0.6) is 0 Å². The summed E-state index contributed by atoms with van der Waals surface area (Å²) in [6.07, 6.45) is 0.440. The molecule has 1 atom stereocenters. The van der Waals surface area contributed by atoms with Crippen LogP contribution < -0.4 is 5.32 Å². The first kappa shape index (κ1) is 18.1. The second-order valence-corrected chi connectivity index (χ2v) is 6.97. The van der Waals surface area contributed by atoms with E-state index in [1.807, 2.05) is 30.3 Å². The van der Waals surface area contributed by atoms with Crippen LogP contribution in [0.3, 0.4) is 0 Å². The number of piperazine rings is 1. The van der Waals surface area contributed by atoms with Gasteiger partial charge < -0.3 is 10.2 Å². The van der Waals surface area contributed by atoms with Crippen LogP contribution in [0.25, 0.3) is 10.9 Å². The first-order chi connectivity index (χ1) is 13.5. The average Bonchev–Trinajstić information content (AvgIpc) is 2.69. The Balaban J connectivity index is 1.73. The van der Waals surface area contributed by atoms with E-state index in [-0.39, 0.29) is 11.8 Å². The number of carbonyl (C=O) groups excluding carboxylic acids is 2. The molecular weight excluding hydrogens is 357 g/mol. The van der Waals surface area contributed by atoms with Gasteiger partial charge in [-0.25, -0.2) is 4.39 Å². The van der Waals surface area contributed by atoms with Crippen molar-refractivity contribution >= 4 is 22.7 Å². The summed E-state index contributed by atoms with van der Waals surface area (Å²) in [6, 6.07) is 15.0. The highest BCUT2D eigenvalue weighted by molar-refractivity contribution is 6.07. The maximum Gasteiger partial charge on any atom is 0.255 e. The van der Waals surface area contributed by atoms with E-state index in [1.165, 1.54) is 12.1 Å². The summed E-state index contributed by atoms with van der Waals surface area (Å²) in [6.45, 7) is 2.60. The zero-order valence-electron chi connectivity index (χ0n) is 15.5. The highest BCUT2D eigenvalue weighted by Gasteiger charge is 2.34. The molecule has 2 amide bonds. The Morgan fingerprint density at radius 1 is 1.21 bits per heavy atom. The molecule has 0 unspecified atom stereocenters. The summed E-state index contributed by atoms with van der Waals surface area (Å²) in [5.74, 6) is -0.800. The van der Waals surface area contributed by atoms with E-state index in [0.29, 0.717) is 41.7 Å². The van der Waals surface area contributed by atoms with Gasteiger partial charge in [-0.2, -0.15) is 0 Å². The van der Waals surface area contributed by atoms with Crippen molar-refractivity contribution in [1.29, 1.82) is 0 Å². The van der Waals surface area contributed by atoms with Crippen LogP contribution >= 0.6 is 0 Å². The minimum Gasteiger partial charge on any atom is -0.353 e. The third kappa shape index (κ3) is 3.45. The number of carbonyl (C=O) groups is 2. The number of nitrogens with one attached hydrogen (secondary N) is 1. The summed E-state index contributed by atoms with van der Waals surface area (Å²) < 4.78 is 13.6. The summed E-state index contributed by atoms with van der Waals surface area (Å²) in [5.41, 5.74) is 2.49. The van der Waals surface area contributed by atoms with Crippen LogP contribution in [-0.2, 0) is 11.2 Å². The number of hydrogen-bond donors (Lipinski definition) is 1. The van der Waals surface area contributed by atoms with Crippen LogP contribution in [0, 0.1) is 12.7 Å².